The molecule has 0 fully saturated rings. The van der Waals surface area contributed by atoms with Gasteiger partial charge in [0.15, 0.2) is 5.11 Å². The number of carbonyl (C=O) groups excluding carboxylic acids is 1. The van der Waals surface area contributed by atoms with Gasteiger partial charge in [0.05, 0.1) is 11.8 Å². The van der Waals surface area contributed by atoms with E-state index in [1.165, 1.54) is 18.3 Å². The van der Waals surface area contributed by atoms with Gasteiger partial charge < -0.3 is 10.1 Å². The Balaban J connectivity index is 1.67. The lowest BCUT2D eigenvalue weighted by molar-refractivity contribution is 0.0734. The number of ether oxygens (including phenoxy) is 1. The van der Waals surface area contributed by atoms with Crippen molar-refractivity contribution in [1.82, 2.24) is 5.43 Å². The molecule has 0 saturated carbocycles. The lowest BCUT2D eigenvalue weighted by Gasteiger charge is -2.09. The van der Waals surface area contributed by atoms with Crippen molar-refractivity contribution < 1.29 is 13.9 Å². The van der Waals surface area contributed by atoms with Crippen molar-refractivity contribution in [3.8, 4) is 5.75 Å². The summed E-state index contributed by atoms with van der Waals surface area (Å²) < 4.78 is 19.3. The van der Waals surface area contributed by atoms with Crippen molar-refractivity contribution in [1.29, 1.82) is 0 Å². The van der Waals surface area contributed by atoms with E-state index in [0.29, 0.717) is 22.6 Å². The third-order valence-corrected chi connectivity index (χ3v) is 4.59. The Morgan fingerprint density at radius 2 is 1.90 bits per heavy atom. The molecule has 0 bridgehead atoms. The Hall–Kier alpha value is -3.10. The average Bonchev–Trinajstić information content (AvgIpc) is 2.71. The van der Waals surface area contributed by atoms with Gasteiger partial charge in [-0.05, 0) is 73.7 Å². The number of hydrogen-bond donors (Lipinski definition) is 2. The molecule has 0 aromatic heterocycles. The smallest absolute Gasteiger partial charge is 0.343 e. The third kappa shape index (κ3) is 6.20. The second-order valence-corrected chi connectivity index (χ2v) is 7.60. The lowest BCUT2D eigenvalue weighted by atomic mass is 10.1. The first-order chi connectivity index (χ1) is 14.4. The number of nitrogens with one attached hydrogen (secondary N) is 2. The molecule has 8 heteroatoms. The van der Waals surface area contributed by atoms with Crippen LogP contribution in [-0.4, -0.2) is 17.3 Å². The van der Waals surface area contributed by atoms with Gasteiger partial charge in [-0.2, -0.15) is 5.10 Å². The molecule has 152 valence electrons. The maximum absolute atomic E-state index is 13.0. The van der Waals surface area contributed by atoms with E-state index in [1.54, 1.807) is 48.5 Å². The standard InChI is InChI=1S/C22H17BrFN3O2S/c1-14-3-2-4-15(11-14)21(28)29-20-10-5-17(23)12-16(20)13-25-27-22(30)26-19-8-6-18(24)7-9-19/h2-13H,1H3,(H2,26,27,30)/b25-13-. The summed E-state index contributed by atoms with van der Waals surface area (Å²) in [6.07, 6.45) is 1.49. The van der Waals surface area contributed by atoms with Crippen LogP contribution in [0.25, 0.3) is 0 Å². The van der Waals surface area contributed by atoms with Crippen molar-refractivity contribution in [3.63, 3.8) is 0 Å². The van der Waals surface area contributed by atoms with Crippen LogP contribution in [0.5, 0.6) is 5.75 Å². The third-order valence-electron chi connectivity index (χ3n) is 3.90. The molecule has 0 atom stereocenters. The van der Waals surface area contributed by atoms with Gasteiger partial charge in [-0.25, -0.2) is 9.18 Å². The van der Waals surface area contributed by atoms with Gasteiger partial charge in [0.1, 0.15) is 11.6 Å². The van der Waals surface area contributed by atoms with Crippen LogP contribution in [0.1, 0.15) is 21.5 Å². The number of benzene rings is 3. The fraction of sp³-hybridized carbons (Fsp3) is 0.0455. The SMILES string of the molecule is Cc1cccc(C(=O)Oc2ccc(Br)cc2/C=N\NC(=S)Nc2ccc(F)cc2)c1. The molecule has 0 radical (unpaired) electrons. The van der Waals surface area contributed by atoms with Gasteiger partial charge >= 0.3 is 5.97 Å². The highest BCUT2D eigenvalue weighted by Gasteiger charge is 2.11. The van der Waals surface area contributed by atoms with Crippen molar-refractivity contribution in [2.24, 2.45) is 5.10 Å². The normalized spacial score (nSPS) is 10.6. The molecule has 2 N–H and O–H groups in total. The topological polar surface area (TPSA) is 62.7 Å². The lowest BCUT2D eigenvalue weighted by Crippen LogP contribution is -2.23. The zero-order chi connectivity index (χ0) is 21.5. The zero-order valence-corrected chi connectivity index (χ0v) is 18.3. The van der Waals surface area contributed by atoms with E-state index in [0.717, 1.165) is 10.0 Å². The monoisotopic (exact) mass is 485 g/mol. The van der Waals surface area contributed by atoms with E-state index in [4.69, 9.17) is 17.0 Å². The second-order valence-electron chi connectivity index (χ2n) is 6.27. The van der Waals surface area contributed by atoms with E-state index < -0.39 is 5.97 Å². The molecule has 3 aromatic rings. The van der Waals surface area contributed by atoms with Crippen LogP contribution in [0, 0.1) is 12.7 Å². The van der Waals surface area contributed by atoms with E-state index in [-0.39, 0.29) is 10.9 Å². The highest BCUT2D eigenvalue weighted by atomic mass is 79.9. The molecule has 0 unspecified atom stereocenters. The molecule has 3 rings (SSSR count). The summed E-state index contributed by atoms with van der Waals surface area (Å²) in [6, 6.07) is 18.1. The summed E-state index contributed by atoms with van der Waals surface area (Å²) in [5.74, 6) is -0.440. The van der Waals surface area contributed by atoms with E-state index in [9.17, 15) is 9.18 Å². The van der Waals surface area contributed by atoms with Crippen LogP contribution in [0.2, 0.25) is 0 Å². The number of nitrogens with zero attached hydrogens (tertiary/aromatic N) is 1. The second kappa shape index (κ2) is 10.1. The summed E-state index contributed by atoms with van der Waals surface area (Å²) in [4.78, 5) is 12.5. The molecule has 0 amide bonds. The number of rotatable bonds is 5. The van der Waals surface area contributed by atoms with Crippen LogP contribution in [0.15, 0.2) is 76.3 Å². The summed E-state index contributed by atoms with van der Waals surface area (Å²) in [7, 11) is 0. The van der Waals surface area contributed by atoms with Gasteiger partial charge in [0.25, 0.3) is 0 Å². The van der Waals surface area contributed by atoms with Crippen LogP contribution >= 0.6 is 28.1 Å². The van der Waals surface area contributed by atoms with Crippen molar-refractivity contribution in [2.45, 2.75) is 6.92 Å². The molecule has 3 aromatic carbocycles. The first-order valence-electron chi connectivity index (χ1n) is 8.85. The van der Waals surface area contributed by atoms with Crippen LogP contribution in [-0.2, 0) is 0 Å². The molecule has 0 spiro atoms. The number of halogens is 2. The molecule has 0 aliphatic heterocycles. The molecular weight excluding hydrogens is 469 g/mol. The van der Waals surface area contributed by atoms with Crippen LogP contribution in [0.3, 0.4) is 0 Å². The Labute approximate surface area is 187 Å². The predicted octanol–water partition coefficient (Wildman–Crippen LogP) is 5.44. The maximum atomic E-state index is 13.0. The van der Waals surface area contributed by atoms with Crippen LogP contribution < -0.4 is 15.5 Å². The average molecular weight is 486 g/mol. The number of anilines is 1. The molecule has 0 aliphatic carbocycles. The number of thiocarbonyl (C=S) groups is 1. The minimum Gasteiger partial charge on any atom is -0.422 e. The largest absolute Gasteiger partial charge is 0.422 e. The Morgan fingerprint density at radius 1 is 1.13 bits per heavy atom. The van der Waals surface area contributed by atoms with Gasteiger partial charge in [-0.1, -0.05) is 33.6 Å². The highest BCUT2D eigenvalue weighted by molar-refractivity contribution is 9.10. The fourth-order valence-electron chi connectivity index (χ4n) is 2.50. The predicted molar refractivity (Wildman–Crippen MR) is 124 cm³/mol. The van der Waals surface area contributed by atoms with Gasteiger partial charge in [0, 0.05) is 15.7 Å². The fourth-order valence-corrected chi connectivity index (χ4v) is 3.05. The first-order valence-corrected chi connectivity index (χ1v) is 10.0. The first kappa shape index (κ1) is 21.6. The van der Waals surface area contributed by atoms with Crippen molar-refractivity contribution >= 4 is 51.1 Å². The van der Waals surface area contributed by atoms with E-state index in [2.05, 4.69) is 31.8 Å². The quantitative estimate of drug-likeness (QED) is 0.166. The Morgan fingerprint density at radius 3 is 2.63 bits per heavy atom. The van der Waals surface area contributed by atoms with E-state index in [1.807, 2.05) is 13.0 Å². The zero-order valence-electron chi connectivity index (χ0n) is 15.9. The minimum absolute atomic E-state index is 0.228. The van der Waals surface area contributed by atoms with Crippen LogP contribution in [0.4, 0.5) is 10.1 Å². The molecule has 5 nitrogen and oxygen atoms in total. The number of hydrogen-bond acceptors (Lipinski definition) is 4. The van der Waals surface area contributed by atoms with Gasteiger partial charge in [-0.3, -0.25) is 5.43 Å². The van der Waals surface area contributed by atoms with Crippen molar-refractivity contribution in [3.05, 3.63) is 93.7 Å². The minimum atomic E-state index is -0.461. The summed E-state index contributed by atoms with van der Waals surface area (Å²) in [5, 5.41) is 7.20. The maximum Gasteiger partial charge on any atom is 0.343 e. The number of carbonyl (C=O) groups is 1. The van der Waals surface area contributed by atoms with Crippen molar-refractivity contribution in [2.75, 3.05) is 5.32 Å². The Kier molecular flexibility index (Phi) is 7.26. The van der Waals surface area contributed by atoms with E-state index >= 15 is 0 Å². The molecule has 0 aliphatic rings. The number of aryl methyl sites for hydroxylation is 1. The molecular formula is C22H17BrFN3O2S. The molecule has 30 heavy (non-hydrogen) atoms. The molecule has 0 heterocycles. The number of esters is 1. The number of hydrazone groups is 1. The van der Waals surface area contributed by atoms with Gasteiger partial charge in [-0.15, -0.1) is 0 Å². The molecule has 0 saturated heterocycles. The summed E-state index contributed by atoms with van der Waals surface area (Å²) in [5.41, 5.74) is 5.30. The Bertz CT molecular complexity index is 1100. The highest BCUT2D eigenvalue weighted by Crippen LogP contribution is 2.23. The summed E-state index contributed by atoms with van der Waals surface area (Å²) in [6.45, 7) is 1.91. The van der Waals surface area contributed by atoms with Gasteiger partial charge in [0.2, 0.25) is 0 Å². The summed E-state index contributed by atoms with van der Waals surface area (Å²) >= 11 is 8.56.